The summed E-state index contributed by atoms with van der Waals surface area (Å²) in [6.45, 7) is 0. The molecule has 5 heteroatoms. The Bertz CT molecular complexity index is 644. The lowest BCUT2D eigenvalue weighted by Crippen LogP contribution is -2.44. The van der Waals surface area contributed by atoms with Crippen LogP contribution in [-0.4, -0.2) is 28.2 Å². The summed E-state index contributed by atoms with van der Waals surface area (Å²) in [5.41, 5.74) is 6.09. The Kier molecular flexibility index (Phi) is 5.71. The average molecular weight is 327 g/mol. The summed E-state index contributed by atoms with van der Waals surface area (Å²) in [5, 5.41) is 19.1. The molecule has 0 spiro atoms. The third kappa shape index (κ3) is 4.43. The van der Waals surface area contributed by atoms with Crippen LogP contribution >= 0.6 is 0 Å². The van der Waals surface area contributed by atoms with Crippen molar-refractivity contribution in [2.75, 3.05) is 0 Å². The number of hydrogen-bond acceptors (Lipinski definition) is 3. The van der Waals surface area contributed by atoms with Crippen LogP contribution in [0.25, 0.3) is 0 Å². The van der Waals surface area contributed by atoms with Gasteiger partial charge >= 0.3 is 11.9 Å². The van der Waals surface area contributed by atoms with Gasteiger partial charge in [-0.3, -0.25) is 9.59 Å². The number of carboxylic acids is 2. The van der Waals surface area contributed by atoms with E-state index >= 15 is 0 Å². The SMILES string of the molecule is N[C@@H](CC(Cc1ccccc1)(Cc1ccccc1)C(=O)O)C(=O)O. The summed E-state index contributed by atoms with van der Waals surface area (Å²) in [7, 11) is 0. The molecule has 0 saturated carbocycles. The average Bonchev–Trinajstić information content (AvgIpc) is 2.56. The summed E-state index contributed by atoms with van der Waals surface area (Å²) in [6.07, 6.45) is 0.305. The van der Waals surface area contributed by atoms with E-state index in [1.165, 1.54) is 0 Å². The number of nitrogens with two attached hydrogens (primary N) is 1. The van der Waals surface area contributed by atoms with Crippen molar-refractivity contribution in [3.63, 3.8) is 0 Å². The van der Waals surface area contributed by atoms with Gasteiger partial charge in [-0.25, -0.2) is 0 Å². The van der Waals surface area contributed by atoms with Crippen LogP contribution in [0.15, 0.2) is 60.7 Å². The van der Waals surface area contributed by atoms with Crippen LogP contribution < -0.4 is 5.73 Å². The van der Waals surface area contributed by atoms with Gasteiger partial charge in [-0.05, 0) is 30.4 Å². The molecule has 0 heterocycles. The fraction of sp³-hybridized carbons (Fsp3) is 0.263. The van der Waals surface area contributed by atoms with Crippen molar-refractivity contribution >= 4 is 11.9 Å². The smallest absolute Gasteiger partial charge is 0.320 e. The molecule has 0 aliphatic carbocycles. The predicted octanol–water partition coefficient (Wildman–Crippen LogP) is 2.34. The molecule has 126 valence electrons. The van der Waals surface area contributed by atoms with Crippen molar-refractivity contribution in [2.24, 2.45) is 11.1 Å². The molecule has 0 aliphatic heterocycles. The molecule has 24 heavy (non-hydrogen) atoms. The lowest BCUT2D eigenvalue weighted by Gasteiger charge is -2.31. The van der Waals surface area contributed by atoms with Crippen LogP contribution in [0.1, 0.15) is 17.5 Å². The number of aliphatic carboxylic acids is 2. The van der Waals surface area contributed by atoms with E-state index in [0.29, 0.717) is 0 Å². The third-order valence-corrected chi connectivity index (χ3v) is 4.15. The van der Waals surface area contributed by atoms with Crippen molar-refractivity contribution in [3.8, 4) is 0 Å². The van der Waals surface area contributed by atoms with Crippen LogP contribution in [-0.2, 0) is 22.4 Å². The summed E-state index contributed by atoms with van der Waals surface area (Å²) in [4.78, 5) is 23.3. The molecule has 0 fully saturated rings. The normalized spacial score (nSPS) is 12.5. The summed E-state index contributed by atoms with van der Waals surface area (Å²) >= 11 is 0. The van der Waals surface area contributed by atoms with Gasteiger partial charge in [0.2, 0.25) is 0 Å². The Morgan fingerprint density at radius 2 is 1.29 bits per heavy atom. The third-order valence-electron chi connectivity index (χ3n) is 4.15. The van der Waals surface area contributed by atoms with Gasteiger partial charge < -0.3 is 15.9 Å². The maximum absolute atomic E-state index is 12.1. The van der Waals surface area contributed by atoms with E-state index in [2.05, 4.69) is 0 Å². The number of rotatable bonds is 8. The Balaban J connectivity index is 2.39. The minimum absolute atomic E-state index is 0.137. The first-order valence-electron chi connectivity index (χ1n) is 7.72. The first-order valence-corrected chi connectivity index (χ1v) is 7.72. The lowest BCUT2D eigenvalue weighted by molar-refractivity contribution is -0.151. The van der Waals surface area contributed by atoms with Crippen LogP contribution in [0.2, 0.25) is 0 Å². The highest BCUT2D eigenvalue weighted by Crippen LogP contribution is 2.33. The standard InChI is InChI=1S/C19H21NO4/c20-16(17(21)22)13-19(18(23)24,11-14-7-3-1-4-8-14)12-15-9-5-2-6-10-15/h1-10,16H,11-13,20H2,(H,21,22)(H,23,24)/t16-/m0/s1. The number of benzene rings is 2. The summed E-state index contributed by atoms with van der Waals surface area (Å²) in [5.74, 6) is -2.23. The molecule has 0 amide bonds. The molecule has 0 radical (unpaired) electrons. The van der Waals surface area contributed by atoms with Gasteiger partial charge in [0.1, 0.15) is 6.04 Å². The second-order valence-corrected chi connectivity index (χ2v) is 6.06. The van der Waals surface area contributed by atoms with E-state index in [4.69, 9.17) is 10.8 Å². The largest absolute Gasteiger partial charge is 0.481 e. The molecule has 0 saturated heterocycles. The Labute approximate surface area is 140 Å². The fourth-order valence-electron chi connectivity index (χ4n) is 2.93. The molecule has 0 aliphatic rings. The first-order chi connectivity index (χ1) is 11.4. The van der Waals surface area contributed by atoms with Crippen LogP contribution in [0.5, 0.6) is 0 Å². The lowest BCUT2D eigenvalue weighted by atomic mass is 9.72. The summed E-state index contributed by atoms with van der Waals surface area (Å²) < 4.78 is 0. The monoisotopic (exact) mass is 327 g/mol. The molecular formula is C19H21NO4. The van der Waals surface area contributed by atoms with E-state index in [1.54, 1.807) is 0 Å². The van der Waals surface area contributed by atoms with Gasteiger partial charge in [0.15, 0.2) is 0 Å². The molecule has 1 atom stereocenters. The zero-order valence-corrected chi connectivity index (χ0v) is 13.3. The predicted molar refractivity (Wildman–Crippen MR) is 90.6 cm³/mol. The first kappa shape index (κ1) is 17.7. The van der Waals surface area contributed by atoms with Gasteiger partial charge in [0.05, 0.1) is 5.41 Å². The molecule has 0 unspecified atom stereocenters. The molecule has 2 rings (SSSR count). The van der Waals surface area contributed by atoms with Gasteiger partial charge in [0, 0.05) is 0 Å². The zero-order chi connectivity index (χ0) is 17.6. The van der Waals surface area contributed by atoms with E-state index in [-0.39, 0.29) is 19.3 Å². The van der Waals surface area contributed by atoms with Crippen molar-refractivity contribution < 1.29 is 19.8 Å². The Morgan fingerprint density at radius 3 is 1.62 bits per heavy atom. The Morgan fingerprint density at radius 1 is 0.875 bits per heavy atom. The van der Waals surface area contributed by atoms with Crippen molar-refractivity contribution in [1.82, 2.24) is 0 Å². The van der Waals surface area contributed by atoms with Gasteiger partial charge in [-0.2, -0.15) is 0 Å². The van der Waals surface area contributed by atoms with Crippen LogP contribution in [0.4, 0.5) is 0 Å². The summed E-state index contributed by atoms with van der Waals surface area (Å²) in [6, 6.07) is 17.2. The van der Waals surface area contributed by atoms with E-state index < -0.39 is 23.4 Å². The molecular weight excluding hydrogens is 306 g/mol. The second kappa shape index (κ2) is 7.75. The molecule has 4 N–H and O–H groups in total. The van der Waals surface area contributed by atoms with E-state index in [1.807, 2.05) is 60.7 Å². The maximum Gasteiger partial charge on any atom is 0.320 e. The highest BCUT2D eigenvalue weighted by atomic mass is 16.4. The fourth-order valence-corrected chi connectivity index (χ4v) is 2.93. The second-order valence-electron chi connectivity index (χ2n) is 6.06. The van der Waals surface area contributed by atoms with Gasteiger partial charge in [0.25, 0.3) is 0 Å². The highest BCUT2D eigenvalue weighted by Gasteiger charge is 2.41. The van der Waals surface area contributed by atoms with Gasteiger partial charge in [-0.1, -0.05) is 60.7 Å². The van der Waals surface area contributed by atoms with Crippen LogP contribution in [0, 0.1) is 5.41 Å². The maximum atomic E-state index is 12.1. The Hall–Kier alpha value is -2.66. The van der Waals surface area contributed by atoms with E-state index in [0.717, 1.165) is 11.1 Å². The van der Waals surface area contributed by atoms with Gasteiger partial charge in [-0.15, -0.1) is 0 Å². The molecule has 2 aromatic carbocycles. The van der Waals surface area contributed by atoms with Crippen molar-refractivity contribution in [2.45, 2.75) is 25.3 Å². The molecule has 0 aromatic heterocycles. The highest BCUT2D eigenvalue weighted by molar-refractivity contribution is 5.79. The minimum Gasteiger partial charge on any atom is -0.481 e. The number of hydrogen-bond donors (Lipinski definition) is 3. The minimum atomic E-state index is -1.28. The van der Waals surface area contributed by atoms with E-state index in [9.17, 15) is 14.7 Å². The van der Waals surface area contributed by atoms with Crippen molar-refractivity contribution in [3.05, 3.63) is 71.8 Å². The topological polar surface area (TPSA) is 101 Å². The molecule has 0 bridgehead atoms. The zero-order valence-electron chi connectivity index (χ0n) is 13.3. The van der Waals surface area contributed by atoms with Crippen LogP contribution in [0.3, 0.4) is 0 Å². The molecule has 2 aromatic rings. The quantitative estimate of drug-likeness (QED) is 0.691. The number of carbonyl (C=O) groups is 2. The van der Waals surface area contributed by atoms with Crippen molar-refractivity contribution in [1.29, 1.82) is 0 Å². The molecule has 5 nitrogen and oxygen atoms in total. The number of carboxylic acid groups (broad SMARTS) is 2.